The molecule has 1 aliphatic rings. The topological polar surface area (TPSA) is 273 Å². The van der Waals surface area contributed by atoms with E-state index in [0.29, 0.717) is 19.3 Å². The molecule has 20 heteroatoms. The molecule has 1 saturated carbocycles. The van der Waals surface area contributed by atoms with Crippen molar-refractivity contribution in [2.75, 3.05) is 19.0 Å². The molecule has 0 saturated heterocycles. The molecule has 1 aliphatic carbocycles. The van der Waals surface area contributed by atoms with Crippen molar-refractivity contribution < 1.29 is 81.7 Å². The van der Waals surface area contributed by atoms with Gasteiger partial charge < -0.3 is 44.6 Å². The minimum atomic E-state index is -5.37. The van der Waals surface area contributed by atoms with Crippen LogP contribution in [-0.4, -0.2) is 114 Å². The fraction of sp³-hybridized carbons (Fsp3) is 0.927. The van der Waals surface area contributed by atoms with E-state index in [1.165, 1.54) is 63.1 Å². The Morgan fingerprint density at radius 2 is 1.03 bits per heavy atom. The van der Waals surface area contributed by atoms with Crippen LogP contribution in [0.1, 0.15) is 181 Å². The number of aliphatic hydroxyl groups excluding tert-OH is 4. The van der Waals surface area contributed by atoms with Gasteiger partial charge >= 0.3 is 27.6 Å². The number of unbranched alkanes of at least 4 members (excludes halogenated alkanes) is 20. The summed E-state index contributed by atoms with van der Waals surface area (Å²) in [5.74, 6) is -0.550. The molecule has 0 aliphatic heterocycles. The number of phosphoric ester groups is 2. The number of aliphatic hydroxyl groups is 4. The van der Waals surface area contributed by atoms with Gasteiger partial charge in [0.25, 0.3) is 0 Å². The first-order chi connectivity index (χ1) is 29.0. The van der Waals surface area contributed by atoms with E-state index in [-0.39, 0.29) is 18.1 Å². The Hall–Kier alpha value is -0.980. The first kappa shape index (κ1) is 58.0. The van der Waals surface area contributed by atoms with Crippen LogP contribution in [0.4, 0.5) is 0 Å². The van der Waals surface area contributed by atoms with E-state index in [2.05, 4.69) is 11.4 Å². The summed E-state index contributed by atoms with van der Waals surface area (Å²) in [6.07, 6.45) is 9.52. The maximum absolute atomic E-state index is 13.0. The van der Waals surface area contributed by atoms with Crippen LogP contribution in [0.5, 0.6) is 0 Å². The van der Waals surface area contributed by atoms with Crippen molar-refractivity contribution in [1.29, 1.82) is 0 Å². The predicted molar refractivity (Wildman–Crippen MR) is 231 cm³/mol. The number of esters is 2. The second-order valence-corrected chi connectivity index (χ2v) is 19.8. The minimum Gasteiger partial charge on any atom is -0.466 e. The second-order valence-electron chi connectivity index (χ2n) is 16.0. The number of carbonyl (C=O) groups is 3. The zero-order valence-electron chi connectivity index (χ0n) is 36.6. The maximum atomic E-state index is 13.0. The Kier molecular flexibility index (Phi) is 32.7. The molecule has 0 heterocycles. The predicted octanol–water partition coefficient (Wildman–Crippen LogP) is 7.32. The number of phosphoric acid groups is 2. The summed E-state index contributed by atoms with van der Waals surface area (Å²) in [7, 11) is -10.7. The average Bonchev–Trinajstić information content (AvgIpc) is 3.19. The van der Waals surface area contributed by atoms with Crippen LogP contribution >= 0.6 is 27.4 Å². The molecule has 0 aromatic carbocycles. The van der Waals surface area contributed by atoms with Crippen molar-refractivity contribution >= 4 is 44.5 Å². The number of hydrogen-bond donors (Lipinski definition) is 7. The lowest BCUT2D eigenvalue weighted by Crippen LogP contribution is -2.64. The van der Waals surface area contributed by atoms with E-state index in [1.54, 1.807) is 0 Å². The monoisotopic (exact) mass is 936 g/mol. The van der Waals surface area contributed by atoms with Gasteiger partial charge in [0.15, 0.2) is 5.12 Å². The molecule has 7 N–H and O–H groups in total. The first-order valence-corrected chi connectivity index (χ1v) is 26.6. The standard InChI is InChI=1S/C41H78O17P2S/c1-3-5-6-7-8-9-10-11-12-14-17-20-23-27-33(42)56-32(30-34(43)54-28-24-21-18-15-13-16-19-22-25-29-61-35(44)26-4-2)31-55-60(52,53)58-41-38(47)36(45)37(46)40(39(41)48)57-59(49,50)51/h32,36-41,45-48H,3-31H2,1-2H3,(H,52,53)(H2,49,50,51)/t32-,36+,37?,38+,39?,40-,41?/m1/s1. The number of hydrogen-bond acceptors (Lipinski definition) is 15. The zero-order chi connectivity index (χ0) is 45.5. The molecule has 0 bridgehead atoms. The van der Waals surface area contributed by atoms with Gasteiger partial charge in [-0.25, -0.2) is 9.13 Å². The van der Waals surface area contributed by atoms with Crippen molar-refractivity contribution in [2.24, 2.45) is 0 Å². The van der Waals surface area contributed by atoms with Crippen LogP contribution < -0.4 is 0 Å². The van der Waals surface area contributed by atoms with Gasteiger partial charge in [-0.05, 0) is 25.7 Å². The summed E-state index contributed by atoms with van der Waals surface area (Å²) in [5, 5.41) is 41.4. The Balaban J connectivity index is 2.60. The highest BCUT2D eigenvalue weighted by molar-refractivity contribution is 8.13. The Labute approximate surface area is 367 Å². The molecule has 0 aromatic rings. The quantitative estimate of drug-likeness (QED) is 0.0181. The summed E-state index contributed by atoms with van der Waals surface area (Å²) in [6, 6.07) is 0. The highest BCUT2D eigenvalue weighted by Gasteiger charge is 2.54. The van der Waals surface area contributed by atoms with Crippen LogP contribution in [-0.2, 0) is 46.6 Å². The smallest absolute Gasteiger partial charge is 0.466 e. The fourth-order valence-corrected chi connectivity index (χ4v) is 9.42. The van der Waals surface area contributed by atoms with Crippen LogP contribution in [0.25, 0.3) is 0 Å². The number of thioether (sulfide) groups is 1. The van der Waals surface area contributed by atoms with E-state index < -0.39 is 83.3 Å². The lowest BCUT2D eigenvalue weighted by Gasteiger charge is -2.43. The van der Waals surface area contributed by atoms with Gasteiger partial charge in [0.05, 0.1) is 19.6 Å². The molecule has 0 aromatic heterocycles. The van der Waals surface area contributed by atoms with Gasteiger partial charge in [-0.2, -0.15) is 0 Å². The molecule has 0 amide bonds. The van der Waals surface area contributed by atoms with Gasteiger partial charge in [0.1, 0.15) is 42.7 Å². The molecular weight excluding hydrogens is 858 g/mol. The summed E-state index contributed by atoms with van der Waals surface area (Å²) in [5.41, 5.74) is 0. The highest BCUT2D eigenvalue weighted by atomic mass is 32.2. The average molecular weight is 937 g/mol. The summed E-state index contributed by atoms with van der Waals surface area (Å²) in [6.45, 7) is 3.45. The van der Waals surface area contributed by atoms with Crippen LogP contribution in [0, 0.1) is 0 Å². The zero-order valence-corrected chi connectivity index (χ0v) is 39.2. The van der Waals surface area contributed by atoms with E-state index in [0.717, 1.165) is 89.2 Å². The van der Waals surface area contributed by atoms with Gasteiger partial charge in [-0.3, -0.25) is 28.0 Å². The Morgan fingerprint density at radius 3 is 1.54 bits per heavy atom. The number of ether oxygens (including phenoxy) is 2. The third kappa shape index (κ3) is 29.2. The molecular formula is C41H78O17P2S. The van der Waals surface area contributed by atoms with Gasteiger partial charge in [0.2, 0.25) is 0 Å². The van der Waals surface area contributed by atoms with E-state index in [1.807, 2.05) is 6.92 Å². The van der Waals surface area contributed by atoms with Crippen LogP contribution in [0.15, 0.2) is 0 Å². The third-order valence-corrected chi connectivity index (χ3v) is 13.0. The van der Waals surface area contributed by atoms with Gasteiger partial charge in [-0.15, -0.1) is 0 Å². The lowest BCUT2D eigenvalue weighted by atomic mass is 9.85. The van der Waals surface area contributed by atoms with Crippen LogP contribution in [0.2, 0.25) is 0 Å². The lowest BCUT2D eigenvalue weighted by molar-refractivity contribution is -0.216. The molecule has 0 radical (unpaired) electrons. The van der Waals surface area contributed by atoms with E-state index in [9.17, 15) is 48.8 Å². The molecule has 0 spiro atoms. The normalized spacial score (nSPS) is 22.1. The van der Waals surface area contributed by atoms with Gasteiger partial charge in [-0.1, -0.05) is 148 Å². The molecule has 4 unspecified atom stereocenters. The molecule has 1 fully saturated rings. The number of rotatable bonds is 38. The fourth-order valence-electron chi connectivity index (χ4n) is 6.95. The van der Waals surface area contributed by atoms with Crippen molar-refractivity contribution in [1.82, 2.24) is 0 Å². The molecule has 8 atom stereocenters. The van der Waals surface area contributed by atoms with Crippen molar-refractivity contribution in [3.05, 3.63) is 0 Å². The minimum absolute atomic E-state index is 0.0251. The summed E-state index contributed by atoms with van der Waals surface area (Å²) >= 11 is 1.43. The molecule has 61 heavy (non-hydrogen) atoms. The van der Waals surface area contributed by atoms with Crippen molar-refractivity contribution in [3.63, 3.8) is 0 Å². The SMILES string of the molecule is CCCCCCCCCCCCCCCC(=O)O[C@@H](COP(=O)(O)OC1C(O)[C@H](OP(=O)(O)O)C(O)[C@H](O)[C@@H]1O)CC(=O)OCCCCCCCCCCCSC(=O)CCC. The van der Waals surface area contributed by atoms with E-state index >= 15 is 0 Å². The molecule has 360 valence electrons. The highest BCUT2D eigenvalue weighted by Crippen LogP contribution is 2.49. The summed E-state index contributed by atoms with van der Waals surface area (Å²) < 4.78 is 49.3. The third-order valence-electron chi connectivity index (χ3n) is 10.4. The van der Waals surface area contributed by atoms with Crippen LogP contribution in [0.3, 0.4) is 0 Å². The van der Waals surface area contributed by atoms with Gasteiger partial charge in [0, 0.05) is 18.6 Å². The van der Waals surface area contributed by atoms with Crippen molar-refractivity contribution in [2.45, 2.75) is 224 Å². The second kappa shape index (κ2) is 34.4. The Morgan fingerprint density at radius 1 is 0.557 bits per heavy atom. The van der Waals surface area contributed by atoms with Crippen molar-refractivity contribution in [3.8, 4) is 0 Å². The Bertz CT molecular complexity index is 1270. The largest absolute Gasteiger partial charge is 0.472 e. The maximum Gasteiger partial charge on any atom is 0.472 e. The first-order valence-electron chi connectivity index (χ1n) is 22.6. The summed E-state index contributed by atoms with van der Waals surface area (Å²) in [4.78, 5) is 65.9. The molecule has 17 nitrogen and oxygen atoms in total. The number of carbonyl (C=O) groups excluding carboxylic acids is 3. The van der Waals surface area contributed by atoms with E-state index in [4.69, 9.17) is 28.3 Å². The molecule has 1 rings (SSSR count).